The Bertz CT molecular complexity index is 1170. The molecule has 0 aromatic heterocycles. The van der Waals surface area contributed by atoms with Gasteiger partial charge in [0.25, 0.3) is 0 Å². The highest BCUT2D eigenvalue weighted by molar-refractivity contribution is 6.87. The summed E-state index contributed by atoms with van der Waals surface area (Å²) >= 11 is 0. The highest BCUT2D eigenvalue weighted by Gasteiger charge is 2.44. The summed E-state index contributed by atoms with van der Waals surface area (Å²) < 4.78 is 11.8. The highest BCUT2D eigenvalue weighted by Crippen LogP contribution is 2.44. The molecular formula is C32H43NO4Si. The molecule has 2 aliphatic rings. The lowest BCUT2D eigenvalue weighted by Crippen LogP contribution is -2.47. The lowest BCUT2D eigenvalue weighted by atomic mass is 9.64. The zero-order valence-electron chi connectivity index (χ0n) is 24.0. The predicted octanol–water partition coefficient (Wildman–Crippen LogP) is 7.69. The number of ketones is 1. The van der Waals surface area contributed by atoms with Crippen LogP contribution in [0.3, 0.4) is 0 Å². The lowest BCUT2D eigenvalue weighted by molar-refractivity contribution is -0.116. The largest absolute Gasteiger partial charge is 0.497 e. The average molecular weight is 534 g/mol. The maximum absolute atomic E-state index is 14.0. The molecule has 1 saturated carbocycles. The SMILES string of the molecule is COc1ccc([C@@H]2CC(=O)C([Si](C)(C)C)=CN2C(=O)O[C@@H]2C[C@H](C)CC[C@H]2C(C)(C)c2ccccc2)cc1. The van der Waals surface area contributed by atoms with Gasteiger partial charge < -0.3 is 9.47 Å². The van der Waals surface area contributed by atoms with Crippen LogP contribution in [0.15, 0.2) is 66.0 Å². The molecule has 6 heteroatoms. The minimum Gasteiger partial charge on any atom is -0.497 e. The van der Waals surface area contributed by atoms with E-state index in [1.807, 2.05) is 30.3 Å². The van der Waals surface area contributed by atoms with E-state index in [1.54, 1.807) is 18.2 Å². The Balaban J connectivity index is 1.67. The quantitative estimate of drug-likeness (QED) is 0.357. The van der Waals surface area contributed by atoms with E-state index in [2.05, 4.69) is 64.7 Å². The molecule has 0 N–H and O–H groups in total. The van der Waals surface area contributed by atoms with Crippen LogP contribution in [0.5, 0.6) is 5.75 Å². The van der Waals surface area contributed by atoms with E-state index in [-0.39, 0.29) is 35.7 Å². The molecule has 5 nitrogen and oxygen atoms in total. The van der Waals surface area contributed by atoms with Crippen LogP contribution in [0.25, 0.3) is 0 Å². The van der Waals surface area contributed by atoms with Gasteiger partial charge in [0.05, 0.1) is 21.2 Å². The van der Waals surface area contributed by atoms with E-state index >= 15 is 0 Å². The average Bonchev–Trinajstić information content (AvgIpc) is 2.88. The number of carbonyl (C=O) groups excluding carboxylic acids is 2. The van der Waals surface area contributed by atoms with Crippen molar-refractivity contribution in [2.24, 2.45) is 11.8 Å². The fraction of sp³-hybridized carbons (Fsp3) is 0.500. The summed E-state index contributed by atoms with van der Waals surface area (Å²) in [7, 11) is -0.332. The molecule has 1 fully saturated rings. The van der Waals surface area contributed by atoms with Crippen molar-refractivity contribution < 1.29 is 19.1 Å². The zero-order chi connectivity index (χ0) is 27.7. The first kappa shape index (κ1) is 28.2. The third-order valence-electron chi connectivity index (χ3n) is 8.55. The van der Waals surface area contributed by atoms with Gasteiger partial charge in [0, 0.05) is 18.5 Å². The summed E-state index contributed by atoms with van der Waals surface area (Å²) in [5, 5.41) is 0.789. The van der Waals surface area contributed by atoms with E-state index in [4.69, 9.17) is 9.47 Å². The third kappa shape index (κ3) is 5.90. The van der Waals surface area contributed by atoms with Crippen LogP contribution in [0, 0.1) is 11.8 Å². The van der Waals surface area contributed by atoms with Crippen molar-refractivity contribution in [3.63, 3.8) is 0 Å². The summed E-state index contributed by atoms with van der Waals surface area (Å²) in [4.78, 5) is 29.0. The molecule has 38 heavy (non-hydrogen) atoms. The fourth-order valence-electron chi connectivity index (χ4n) is 6.14. The lowest BCUT2D eigenvalue weighted by Gasteiger charge is -2.45. The van der Waals surface area contributed by atoms with Crippen molar-refractivity contribution in [3.8, 4) is 5.75 Å². The Morgan fingerprint density at radius 3 is 2.26 bits per heavy atom. The van der Waals surface area contributed by atoms with Crippen LogP contribution >= 0.6 is 0 Å². The minimum absolute atomic E-state index is 0.128. The van der Waals surface area contributed by atoms with Gasteiger partial charge in [-0.25, -0.2) is 4.79 Å². The molecule has 2 aromatic carbocycles. The maximum atomic E-state index is 14.0. The third-order valence-corrected chi connectivity index (χ3v) is 10.6. The molecule has 1 aliphatic carbocycles. The summed E-state index contributed by atoms with van der Waals surface area (Å²) in [6.07, 6.45) is 4.49. The second-order valence-electron chi connectivity index (χ2n) is 12.7. The molecule has 0 radical (unpaired) electrons. The number of allylic oxidation sites excluding steroid dienone is 1. The number of nitrogens with zero attached hydrogens (tertiary/aromatic N) is 1. The summed E-state index contributed by atoms with van der Waals surface area (Å²) in [6.45, 7) is 13.2. The van der Waals surface area contributed by atoms with Gasteiger partial charge in [-0.05, 0) is 52.6 Å². The second kappa shape index (κ2) is 11.1. The standard InChI is InChI=1S/C32H43NO4Si/c1-22-13-18-26(32(2,3)24-11-9-8-10-12-24)29(19-22)37-31(35)33-21-30(38(5,6)7)28(34)20-27(33)23-14-16-25(36-4)17-15-23/h8-12,14-17,21-22,26-27,29H,13,18-20H2,1-7H3/t22-,26-,27+,29-/m1/s1. The van der Waals surface area contributed by atoms with Crippen LogP contribution in [-0.2, 0) is 14.9 Å². The highest BCUT2D eigenvalue weighted by atomic mass is 28.3. The summed E-state index contributed by atoms with van der Waals surface area (Å²) in [6, 6.07) is 17.8. The number of carbonyl (C=O) groups is 2. The Morgan fingerprint density at radius 1 is 1.00 bits per heavy atom. The van der Waals surface area contributed by atoms with Crippen molar-refractivity contribution in [1.82, 2.24) is 4.90 Å². The zero-order valence-corrected chi connectivity index (χ0v) is 25.0. The normalized spacial score (nSPS) is 24.6. The number of benzene rings is 2. The molecule has 4 atom stereocenters. The van der Waals surface area contributed by atoms with Gasteiger partial charge in [0.2, 0.25) is 0 Å². The van der Waals surface area contributed by atoms with Crippen LogP contribution in [0.1, 0.15) is 63.6 Å². The second-order valence-corrected chi connectivity index (χ2v) is 17.7. The van der Waals surface area contributed by atoms with Crippen LogP contribution in [-0.4, -0.2) is 38.1 Å². The van der Waals surface area contributed by atoms with E-state index in [0.717, 1.165) is 35.8 Å². The van der Waals surface area contributed by atoms with Crippen LogP contribution in [0.2, 0.25) is 19.6 Å². The van der Waals surface area contributed by atoms with Crippen molar-refractivity contribution in [1.29, 1.82) is 0 Å². The smallest absolute Gasteiger partial charge is 0.414 e. The van der Waals surface area contributed by atoms with E-state index in [0.29, 0.717) is 5.92 Å². The Hall–Kier alpha value is -2.86. The van der Waals surface area contributed by atoms with Crippen molar-refractivity contribution >= 4 is 20.0 Å². The van der Waals surface area contributed by atoms with Gasteiger partial charge in [-0.2, -0.15) is 0 Å². The van der Waals surface area contributed by atoms with Gasteiger partial charge in [-0.15, -0.1) is 0 Å². The van der Waals surface area contributed by atoms with E-state index in [9.17, 15) is 9.59 Å². The first-order chi connectivity index (χ1) is 17.9. The Labute approximate surface area is 229 Å². The molecule has 0 bridgehead atoms. The van der Waals surface area contributed by atoms with Crippen LogP contribution in [0.4, 0.5) is 4.79 Å². The summed E-state index contributed by atoms with van der Waals surface area (Å²) in [5.41, 5.74) is 2.03. The Kier molecular flexibility index (Phi) is 8.22. The molecular weight excluding hydrogens is 490 g/mol. The molecule has 0 spiro atoms. The number of methoxy groups -OCH3 is 1. The van der Waals surface area contributed by atoms with Gasteiger partial charge in [-0.3, -0.25) is 9.69 Å². The molecule has 1 aliphatic heterocycles. The molecule has 4 rings (SSSR count). The molecule has 2 aromatic rings. The molecule has 1 heterocycles. The van der Waals surface area contributed by atoms with E-state index < -0.39 is 14.1 Å². The molecule has 204 valence electrons. The first-order valence-electron chi connectivity index (χ1n) is 13.9. The fourth-order valence-corrected chi connectivity index (χ4v) is 7.60. The number of ether oxygens (including phenoxy) is 2. The molecule has 0 unspecified atom stereocenters. The number of hydrogen-bond donors (Lipinski definition) is 0. The maximum Gasteiger partial charge on any atom is 0.414 e. The predicted molar refractivity (Wildman–Crippen MR) is 155 cm³/mol. The van der Waals surface area contributed by atoms with Crippen molar-refractivity contribution in [3.05, 3.63) is 77.1 Å². The topological polar surface area (TPSA) is 55.8 Å². The number of amides is 1. The van der Waals surface area contributed by atoms with Crippen molar-refractivity contribution in [2.45, 2.75) is 83.7 Å². The first-order valence-corrected chi connectivity index (χ1v) is 17.4. The van der Waals surface area contributed by atoms with E-state index in [1.165, 1.54) is 5.56 Å². The monoisotopic (exact) mass is 533 g/mol. The number of Topliss-reactive ketones (excluding diaryl/α,β-unsaturated/α-hetero) is 1. The molecule has 0 saturated heterocycles. The van der Waals surface area contributed by atoms with Crippen molar-refractivity contribution in [2.75, 3.05) is 7.11 Å². The molecule has 1 amide bonds. The van der Waals surface area contributed by atoms with Gasteiger partial charge in [0.15, 0.2) is 5.78 Å². The number of rotatable bonds is 6. The van der Waals surface area contributed by atoms with Crippen LogP contribution < -0.4 is 4.74 Å². The van der Waals surface area contributed by atoms with Gasteiger partial charge in [-0.1, -0.05) is 89.3 Å². The Morgan fingerprint density at radius 2 is 1.66 bits per heavy atom. The number of hydrogen-bond acceptors (Lipinski definition) is 4. The summed E-state index contributed by atoms with van der Waals surface area (Å²) in [5.74, 6) is 1.56. The van der Waals surface area contributed by atoms with Gasteiger partial charge in [0.1, 0.15) is 11.9 Å². The van der Waals surface area contributed by atoms with Gasteiger partial charge >= 0.3 is 6.09 Å². The minimum atomic E-state index is -1.96.